The van der Waals surface area contributed by atoms with E-state index in [-0.39, 0.29) is 11.8 Å². The molecule has 0 radical (unpaired) electrons. The first-order valence-electron chi connectivity index (χ1n) is 6.58. The fourth-order valence-corrected chi connectivity index (χ4v) is 1.77. The summed E-state index contributed by atoms with van der Waals surface area (Å²) >= 11 is 5.43. The van der Waals surface area contributed by atoms with Gasteiger partial charge in [-0.15, -0.1) is 11.6 Å². The van der Waals surface area contributed by atoms with Crippen molar-refractivity contribution in [3.8, 4) is 17.2 Å². The van der Waals surface area contributed by atoms with Crippen molar-refractivity contribution in [1.82, 2.24) is 0 Å². The summed E-state index contributed by atoms with van der Waals surface area (Å²) in [7, 11) is 0. The van der Waals surface area contributed by atoms with Crippen molar-refractivity contribution in [2.45, 2.75) is 6.92 Å². The van der Waals surface area contributed by atoms with Gasteiger partial charge in [-0.1, -0.05) is 0 Å². The van der Waals surface area contributed by atoms with Crippen LogP contribution in [0.15, 0.2) is 48.5 Å². The molecule has 1 N–H and O–H groups in total. The summed E-state index contributed by atoms with van der Waals surface area (Å²) < 4.78 is 11.1. The predicted octanol–water partition coefficient (Wildman–Crippen LogP) is 4.05. The Labute approximate surface area is 128 Å². The fourth-order valence-electron chi connectivity index (χ4n) is 1.71. The summed E-state index contributed by atoms with van der Waals surface area (Å²) in [5.74, 6) is 1.91. The molecule has 0 bridgehead atoms. The predicted molar refractivity (Wildman–Crippen MR) is 83.5 cm³/mol. The largest absolute Gasteiger partial charge is 0.494 e. The first-order valence-corrected chi connectivity index (χ1v) is 7.11. The number of halogens is 1. The Hall–Kier alpha value is -2.20. The number of amides is 1. The van der Waals surface area contributed by atoms with Crippen LogP contribution < -0.4 is 14.8 Å². The summed E-state index contributed by atoms with van der Waals surface area (Å²) in [5.41, 5.74) is 0.680. The second kappa shape index (κ2) is 7.55. The average Bonchev–Trinajstić information content (AvgIpc) is 2.51. The van der Waals surface area contributed by atoms with Crippen molar-refractivity contribution in [3.05, 3.63) is 48.5 Å². The molecule has 2 aromatic rings. The monoisotopic (exact) mass is 305 g/mol. The Bertz CT molecular complexity index is 581. The molecule has 0 heterocycles. The number of benzene rings is 2. The Morgan fingerprint density at radius 2 is 1.52 bits per heavy atom. The second-order valence-electron chi connectivity index (χ2n) is 4.21. The van der Waals surface area contributed by atoms with E-state index in [1.165, 1.54) is 0 Å². The van der Waals surface area contributed by atoms with E-state index in [0.717, 1.165) is 11.5 Å². The highest BCUT2D eigenvalue weighted by Gasteiger charge is 2.02. The van der Waals surface area contributed by atoms with Gasteiger partial charge < -0.3 is 14.8 Å². The molecule has 0 aliphatic heterocycles. The third kappa shape index (κ3) is 4.68. The number of rotatable bonds is 6. The fraction of sp³-hybridized carbons (Fsp3) is 0.188. The third-order valence-corrected chi connectivity index (χ3v) is 2.87. The first-order chi connectivity index (χ1) is 10.2. The maximum Gasteiger partial charge on any atom is 0.239 e. The molecular weight excluding hydrogens is 290 g/mol. The number of ether oxygens (including phenoxy) is 2. The van der Waals surface area contributed by atoms with Gasteiger partial charge in [-0.3, -0.25) is 4.79 Å². The lowest BCUT2D eigenvalue weighted by Gasteiger charge is -2.08. The quantitative estimate of drug-likeness (QED) is 0.819. The van der Waals surface area contributed by atoms with Gasteiger partial charge in [-0.25, -0.2) is 0 Å². The Kier molecular flexibility index (Phi) is 5.46. The van der Waals surface area contributed by atoms with Gasteiger partial charge in [-0.05, 0) is 55.5 Å². The first kappa shape index (κ1) is 15.2. The smallest absolute Gasteiger partial charge is 0.239 e. The zero-order valence-electron chi connectivity index (χ0n) is 11.6. The minimum atomic E-state index is -0.239. The van der Waals surface area contributed by atoms with Crippen LogP contribution in [0, 0.1) is 0 Å². The van der Waals surface area contributed by atoms with Gasteiger partial charge in [0.15, 0.2) is 0 Å². The standard InChI is InChI=1S/C16H16ClNO3/c1-2-20-13-7-9-15(10-8-13)21-14-5-3-12(4-6-14)18-16(19)11-17/h3-10H,2,11H2,1H3,(H,18,19). The zero-order valence-corrected chi connectivity index (χ0v) is 12.4. The SMILES string of the molecule is CCOc1ccc(Oc2ccc(NC(=O)CCl)cc2)cc1. The molecule has 5 heteroatoms. The molecular formula is C16H16ClNO3. The van der Waals surface area contributed by atoms with Crippen LogP contribution in [0.5, 0.6) is 17.2 Å². The van der Waals surface area contributed by atoms with Crippen LogP contribution in [0.2, 0.25) is 0 Å². The molecule has 0 aromatic heterocycles. The van der Waals surface area contributed by atoms with Crippen LogP contribution >= 0.6 is 11.6 Å². The number of hydrogen-bond acceptors (Lipinski definition) is 3. The van der Waals surface area contributed by atoms with Crippen LogP contribution in [-0.4, -0.2) is 18.4 Å². The highest BCUT2D eigenvalue weighted by molar-refractivity contribution is 6.29. The lowest BCUT2D eigenvalue weighted by Crippen LogP contribution is -2.12. The second-order valence-corrected chi connectivity index (χ2v) is 4.48. The highest BCUT2D eigenvalue weighted by Crippen LogP contribution is 2.25. The molecule has 0 saturated carbocycles. The van der Waals surface area contributed by atoms with E-state index in [2.05, 4.69) is 5.32 Å². The van der Waals surface area contributed by atoms with Gasteiger partial charge in [0.1, 0.15) is 23.1 Å². The lowest BCUT2D eigenvalue weighted by molar-refractivity contribution is -0.113. The van der Waals surface area contributed by atoms with Gasteiger partial charge in [0.2, 0.25) is 5.91 Å². The Morgan fingerprint density at radius 1 is 1.00 bits per heavy atom. The van der Waals surface area contributed by atoms with Crippen molar-refractivity contribution in [3.63, 3.8) is 0 Å². The number of carbonyl (C=O) groups is 1. The minimum absolute atomic E-state index is 0.0650. The minimum Gasteiger partial charge on any atom is -0.494 e. The molecule has 4 nitrogen and oxygen atoms in total. The van der Waals surface area contributed by atoms with E-state index in [4.69, 9.17) is 21.1 Å². The third-order valence-electron chi connectivity index (χ3n) is 2.63. The van der Waals surface area contributed by atoms with Crippen LogP contribution in [0.25, 0.3) is 0 Å². The van der Waals surface area contributed by atoms with Crippen LogP contribution in [0.4, 0.5) is 5.69 Å². The normalized spacial score (nSPS) is 10.0. The number of anilines is 1. The molecule has 1 amide bonds. The van der Waals surface area contributed by atoms with Crippen LogP contribution in [0.3, 0.4) is 0 Å². The highest BCUT2D eigenvalue weighted by atomic mass is 35.5. The molecule has 2 rings (SSSR count). The summed E-state index contributed by atoms with van der Waals surface area (Å²) in [5, 5.41) is 2.66. The molecule has 0 fully saturated rings. The Balaban J connectivity index is 1.97. The molecule has 0 spiro atoms. The van der Waals surface area contributed by atoms with Crippen molar-refractivity contribution in [2.24, 2.45) is 0 Å². The summed E-state index contributed by atoms with van der Waals surface area (Å²) in [6.07, 6.45) is 0. The zero-order chi connectivity index (χ0) is 15.1. The lowest BCUT2D eigenvalue weighted by atomic mass is 10.3. The van der Waals surface area contributed by atoms with Gasteiger partial charge in [0.05, 0.1) is 6.61 Å². The van der Waals surface area contributed by atoms with Crippen molar-refractivity contribution >= 4 is 23.2 Å². The van der Waals surface area contributed by atoms with E-state index in [1.807, 2.05) is 31.2 Å². The van der Waals surface area contributed by atoms with E-state index in [1.54, 1.807) is 24.3 Å². The van der Waals surface area contributed by atoms with Crippen LogP contribution in [0.1, 0.15) is 6.92 Å². The maximum atomic E-state index is 11.2. The van der Waals surface area contributed by atoms with Crippen molar-refractivity contribution in [1.29, 1.82) is 0 Å². The van der Waals surface area contributed by atoms with Gasteiger partial charge in [0, 0.05) is 5.69 Å². The molecule has 0 unspecified atom stereocenters. The Morgan fingerprint density at radius 3 is 2.05 bits per heavy atom. The molecule has 110 valence electrons. The van der Waals surface area contributed by atoms with Gasteiger partial charge in [0.25, 0.3) is 0 Å². The number of alkyl halides is 1. The van der Waals surface area contributed by atoms with Crippen LogP contribution in [-0.2, 0) is 4.79 Å². The van der Waals surface area contributed by atoms with E-state index in [9.17, 15) is 4.79 Å². The molecule has 0 aliphatic carbocycles. The number of carbonyl (C=O) groups excluding carboxylic acids is 1. The average molecular weight is 306 g/mol. The number of hydrogen-bond donors (Lipinski definition) is 1. The van der Waals surface area contributed by atoms with Gasteiger partial charge >= 0.3 is 0 Å². The summed E-state index contributed by atoms with van der Waals surface area (Å²) in [6, 6.07) is 14.5. The van der Waals surface area contributed by atoms with Gasteiger partial charge in [-0.2, -0.15) is 0 Å². The van der Waals surface area contributed by atoms with Crippen molar-refractivity contribution in [2.75, 3.05) is 17.8 Å². The maximum absolute atomic E-state index is 11.2. The van der Waals surface area contributed by atoms with Crippen molar-refractivity contribution < 1.29 is 14.3 Å². The molecule has 21 heavy (non-hydrogen) atoms. The molecule has 0 aliphatic rings. The van der Waals surface area contributed by atoms with E-state index < -0.39 is 0 Å². The summed E-state index contributed by atoms with van der Waals surface area (Å²) in [6.45, 7) is 2.57. The van der Waals surface area contributed by atoms with E-state index >= 15 is 0 Å². The molecule has 2 aromatic carbocycles. The topological polar surface area (TPSA) is 47.6 Å². The molecule has 0 atom stereocenters. The molecule has 0 saturated heterocycles. The summed E-state index contributed by atoms with van der Waals surface area (Å²) in [4.78, 5) is 11.2. The van der Waals surface area contributed by atoms with E-state index in [0.29, 0.717) is 18.0 Å². The number of nitrogens with one attached hydrogen (secondary N) is 1.